The summed E-state index contributed by atoms with van der Waals surface area (Å²) < 4.78 is 13.4. The van der Waals surface area contributed by atoms with Gasteiger partial charge in [0.1, 0.15) is 5.82 Å². The predicted molar refractivity (Wildman–Crippen MR) is 81.7 cm³/mol. The monoisotopic (exact) mass is 289 g/mol. The van der Waals surface area contributed by atoms with Gasteiger partial charge in [0.05, 0.1) is 5.75 Å². The van der Waals surface area contributed by atoms with Crippen LogP contribution >= 0.6 is 11.8 Å². The van der Waals surface area contributed by atoms with E-state index in [2.05, 4.69) is 5.32 Å². The topological polar surface area (TPSA) is 29.1 Å². The Morgan fingerprint density at radius 2 is 1.90 bits per heavy atom. The fraction of sp³-hybridized carbons (Fsp3) is 0.188. The number of hydrogen-bond acceptors (Lipinski definition) is 2. The number of rotatable bonds is 4. The van der Waals surface area contributed by atoms with Gasteiger partial charge in [-0.3, -0.25) is 4.79 Å². The molecule has 0 aliphatic heterocycles. The zero-order valence-corrected chi connectivity index (χ0v) is 12.3. The van der Waals surface area contributed by atoms with Gasteiger partial charge in [0.15, 0.2) is 0 Å². The SMILES string of the molecule is Cc1ccc(NC(=O)CSc2ccccc2C)cc1F. The number of aryl methyl sites for hydroxylation is 2. The molecule has 0 fully saturated rings. The van der Waals surface area contributed by atoms with Crippen LogP contribution in [0.5, 0.6) is 0 Å². The van der Waals surface area contributed by atoms with Crippen LogP contribution in [0.15, 0.2) is 47.4 Å². The van der Waals surface area contributed by atoms with Crippen LogP contribution in [0.3, 0.4) is 0 Å². The number of halogens is 1. The van der Waals surface area contributed by atoms with E-state index in [-0.39, 0.29) is 11.7 Å². The number of carbonyl (C=O) groups is 1. The van der Waals surface area contributed by atoms with Crippen LogP contribution in [0.2, 0.25) is 0 Å². The zero-order chi connectivity index (χ0) is 14.5. The highest BCUT2D eigenvalue weighted by molar-refractivity contribution is 8.00. The third-order valence-corrected chi connectivity index (χ3v) is 4.08. The number of thioether (sulfide) groups is 1. The zero-order valence-electron chi connectivity index (χ0n) is 11.4. The van der Waals surface area contributed by atoms with E-state index in [4.69, 9.17) is 0 Å². The molecule has 0 heterocycles. The number of carbonyl (C=O) groups excluding carboxylic acids is 1. The van der Waals surface area contributed by atoms with Gasteiger partial charge in [-0.1, -0.05) is 24.3 Å². The van der Waals surface area contributed by atoms with Gasteiger partial charge in [0.25, 0.3) is 0 Å². The number of nitrogens with one attached hydrogen (secondary N) is 1. The van der Waals surface area contributed by atoms with Crippen molar-refractivity contribution >= 4 is 23.4 Å². The summed E-state index contributed by atoms with van der Waals surface area (Å²) in [5.41, 5.74) is 2.20. The maximum Gasteiger partial charge on any atom is 0.234 e. The minimum atomic E-state index is -0.311. The van der Waals surface area contributed by atoms with Crippen LogP contribution in [-0.2, 0) is 4.79 Å². The molecule has 0 spiro atoms. The molecule has 2 nitrogen and oxygen atoms in total. The highest BCUT2D eigenvalue weighted by atomic mass is 32.2. The number of amides is 1. The van der Waals surface area contributed by atoms with Crippen LogP contribution in [0.4, 0.5) is 10.1 Å². The quantitative estimate of drug-likeness (QED) is 0.856. The van der Waals surface area contributed by atoms with Gasteiger partial charge in [0, 0.05) is 10.6 Å². The molecule has 0 aliphatic carbocycles. The third-order valence-electron chi connectivity index (χ3n) is 2.91. The second kappa shape index (κ2) is 6.57. The molecule has 2 aromatic carbocycles. The van der Waals surface area contributed by atoms with Crippen LogP contribution in [0.25, 0.3) is 0 Å². The Balaban J connectivity index is 1.93. The molecule has 0 aromatic heterocycles. The van der Waals surface area contributed by atoms with E-state index in [1.165, 1.54) is 17.8 Å². The molecule has 2 rings (SSSR count). The van der Waals surface area contributed by atoms with E-state index >= 15 is 0 Å². The lowest BCUT2D eigenvalue weighted by molar-refractivity contribution is -0.113. The van der Waals surface area contributed by atoms with Crippen LogP contribution in [0.1, 0.15) is 11.1 Å². The van der Waals surface area contributed by atoms with E-state index in [0.717, 1.165) is 10.5 Å². The average molecular weight is 289 g/mol. The lowest BCUT2D eigenvalue weighted by Crippen LogP contribution is -2.14. The number of benzene rings is 2. The molecular formula is C16H16FNOS. The molecular weight excluding hydrogens is 273 g/mol. The fourth-order valence-electron chi connectivity index (χ4n) is 1.73. The Hall–Kier alpha value is -1.81. The summed E-state index contributed by atoms with van der Waals surface area (Å²) in [6.07, 6.45) is 0. The first-order valence-corrected chi connectivity index (χ1v) is 7.29. The fourth-order valence-corrected chi connectivity index (χ4v) is 2.56. The highest BCUT2D eigenvalue weighted by Gasteiger charge is 2.06. The second-order valence-corrected chi connectivity index (χ2v) is 5.58. The predicted octanol–water partition coefficient (Wildman–Crippen LogP) is 4.17. The maximum absolute atomic E-state index is 13.4. The molecule has 0 bridgehead atoms. The summed E-state index contributed by atoms with van der Waals surface area (Å²) in [4.78, 5) is 12.9. The average Bonchev–Trinajstić information content (AvgIpc) is 2.42. The second-order valence-electron chi connectivity index (χ2n) is 4.57. The van der Waals surface area contributed by atoms with Crippen molar-refractivity contribution in [1.82, 2.24) is 0 Å². The van der Waals surface area contributed by atoms with E-state index in [9.17, 15) is 9.18 Å². The molecule has 0 radical (unpaired) electrons. The minimum absolute atomic E-state index is 0.137. The summed E-state index contributed by atoms with van der Waals surface area (Å²) in [7, 11) is 0. The van der Waals surface area contributed by atoms with E-state index in [1.807, 2.05) is 31.2 Å². The Kier molecular flexibility index (Phi) is 4.79. The summed E-state index contributed by atoms with van der Waals surface area (Å²) in [6, 6.07) is 12.6. The Morgan fingerprint density at radius 1 is 1.15 bits per heavy atom. The van der Waals surface area contributed by atoms with Gasteiger partial charge in [-0.05, 0) is 43.2 Å². The van der Waals surface area contributed by atoms with Crippen molar-refractivity contribution in [1.29, 1.82) is 0 Å². The molecule has 104 valence electrons. The normalized spacial score (nSPS) is 10.3. The smallest absolute Gasteiger partial charge is 0.234 e. The third kappa shape index (κ3) is 3.84. The lowest BCUT2D eigenvalue weighted by Gasteiger charge is -2.07. The lowest BCUT2D eigenvalue weighted by atomic mass is 10.2. The first-order valence-electron chi connectivity index (χ1n) is 6.30. The first-order chi connectivity index (χ1) is 9.56. The van der Waals surface area contributed by atoms with Crippen molar-refractivity contribution in [2.24, 2.45) is 0 Å². The molecule has 20 heavy (non-hydrogen) atoms. The summed E-state index contributed by atoms with van der Waals surface area (Å²) in [6.45, 7) is 3.70. The van der Waals surface area contributed by atoms with Crippen LogP contribution in [0, 0.1) is 19.7 Å². The van der Waals surface area contributed by atoms with Crippen molar-refractivity contribution in [2.75, 3.05) is 11.1 Å². The standard InChI is InChI=1S/C16H16FNOS/c1-11-7-8-13(9-14(11)17)18-16(19)10-20-15-6-4-3-5-12(15)2/h3-9H,10H2,1-2H3,(H,18,19). The summed E-state index contributed by atoms with van der Waals surface area (Å²) in [5, 5.41) is 2.70. The molecule has 0 atom stereocenters. The Bertz CT molecular complexity index is 628. The largest absolute Gasteiger partial charge is 0.325 e. The van der Waals surface area contributed by atoms with Gasteiger partial charge in [0.2, 0.25) is 5.91 Å². The van der Waals surface area contributed by atoms with Crippen molar-refractivity contribution in [2.45, 2.75) is 18.7 Å². The van der Waals surface area contributed by atoms with E-state index in [1.54, 1.807) is 19.1 Å². The van der Waals surface area contributed by atoms with Crippen LogP contribution < -0.4 is 5.32 Å². The van der Waals surface area contributed by atoms with Crippen molar-refractivity contribution in [3.05, 3.63) is 59.4 Å². The van der Waals surface area contributed by atoms with Gasteiger partial charge < -0.3 is 5.32 Å². The molecule has 2 aromatic rings. The van der Waals surface area contributed by atoms with Crippen molar-refractivity contribution in [3.8, 4) is 0 Å². The maximum atomic E-state index is 13.4. The van der Waals surface area contributed by atoms with Crippen molar-refractivity contribution < 1.29 is 9.18 Å². The van der Waals surface area contributed by atoms with E-state index < -0.39 is 0 Å². The Morgan fingerprint density at radius 3 is 2.60 bits per heavy atom. The minimum Gasteiger partial charge on any atom is -0.325 e. The summed E-state index contributed by atoms with van der Waals surface area (Å²) >= 11 is 1.48. The molecule has 0 aliphatic rings. The van der Waals surface area contributed by atoms with Gasteiger partial charge in [-0.2, -0.15) is 0 Å². The van der Waals surface area contributed by atoms with Crippen LogP contribution in [-0.4, -0.2) is 11.7 Å². The molecule has 1 amide bonds. The summed E-state index contributed by atoms with van der Waals surface area (Å²) in [5.74, 6) is -0.142. The first kappa shape index (κ1) is 14.6. The molecule has 0 saturated carbocycles. The van der Waals surface area contributed by atoms with Gasteiger partial charge >= 0.3 is 0 Å². The highest BCUT2D eigenvalue weighted by Crippen LogP contribution is 2.22. The molecule has 1 N–H and O–H groups in total. The number of anilines is 1. The van der Waals surface area contributed by atoms with Gasteiger partial charge in [-0.25, -0.2) is 4.39 Å². The molecule has 0 unspecified atom stereocenters. The molecule has 4 heteroatoms. The number of hydrogen-bond donors (Lipinski definition) is 1. The molecule has 0 saturated heterocycles. The van der Waals surface area contributed by atoms with Crippen molar-refractivity contribution in [3.63, 3.8) is 0 Å². The Labute approximate surface area is 122 Å². The van der Waals surface area contributed by atoms with Gasteiger partial charge in [-0.15, -0.1) is 11.8 Å². The van der Waals surface area contributed by atoms with E-state index in [0.29, 0.717) is 17.0 Å².